The van der Waals surface area contributed by atoms with Crippen molar-refractivity contribution in [2.75, 3.05) is 12.3 Å². The van der Waals surface area contributed by atoms with Gasteiger partial charge in [-0.3, -0.25) is 0 Å². The average Bonchev–Trinajstić information content (AvgIpc) is 3.25. The van der Waals surface area contributed by atoms with Crippen LogP contribution < -0.4 is 15.2 Å². The van der Waals surface area contributed by atoms with Crippen molar-refractivity contribution in [2.24, 2.45) is 5.92 Å². The van der Waals surface area contributed by atoms with Gasteiger partial charge in [0.15, 0.2) is 17.1 Å². The number of rotatable bonds is 4. The van der Waals surface area contributed by atoms with E-state index in [-0.39, 0.29) is 0 Å². The standard InChI is InChI=1S/C21H21N5O4S/c1-10-5-6-29-16-8-12(30-11(2)20(27)28)7-15-17(16)26(9-10)18(23-15)13-3-4-14-19(24-13)31-21(22)25-14/h3-4,7-8,10-11H,5-6,9H2,1-2H3,(H2,22,25)(H,27,28). The maximum absolute atomic E-state index is 11.2. The fraction of sp³-hybridized carbons (Fsp3) is 0.333. The fourth-order valence-electron chi connectivity index (χ4n) is 3.74. The van der Waals surface area contributed by atoms with Crippen LogP contribution >= 0.6 is 11.3 Å². The van der Waals surface area contributed by atoms with Crippen molar-refractivity contribution in [1.82, 2.24) is 19.5 Å². The molecule has 1 aliphatic heterocycles. The van der Waals surface area contributed by atoms with Crippen LogP contribution in [0.3, 0.4) is 0 Å². The Morgan fingerprint density at radius 2 is 2.16 bits per heavy atom. The molecule has 0 aliphatic carbocycles. The molecule has 0 radical (unpaired) electrons. The van der Waals surface area contributed by atoms with Crippen molar-refractivity contribution >= 4 is 43.8 Å². The molecule has 2 atom stereocenters. The van der Waals surface area contributed by atoms with Crippen LogP contribution in [0.25, 0.3) is 32.9 Å². The normalized spacial score (nSPS) is 17.2. The molecular weight excluding hydrogens is 418 g/mol. The third-order valence-electron chi connectivity index (χ3n) is 5.30. The third kappa shape index (κ3) is 3.52. The first-order valence-electron chi connectivity index (χ1n) is 9.99. The first kappa shape index (κ1) is 19.6. The van der Waals surface area contributed by atoms with E-state index in [4.69, 9.17) is 25.2 Å². The molecule has 0 fully saturated rings. The number of benzene rings is 1. The topological polar surface area (TPSA) is 125 Å². The number of aliphatic carboxylic acids is 1. The maximum atomic E-state index is 11.2. The van der Waals surface area contributed by atoms with Gasteiger partial charge in [0.25, 0.3) is 0 Å². The lowest BCUT2D eigenvalue weighted by Gasteiger charge is -2.21. The highest BCUT2D eigenvalue weighted by Crippen LogP contribution is 2.37. The van der Waals surface area contributed by atoms with Gasteiger partial charge >= 0.3 is 5.97 Å². The Bertz CT molecular complexity index is 1310. The second-order valence-electron chi connectivity index (χ2n) is 7.75. The lowest BCUT2D eigenvalue weighted by atomic mass is 10.1. The summed E-state index contributed by atoms with van der Waals surface area (Å²) in [7, 11) is 0. The number of hydrogen-bond acceptors (Lipinski definition) is 8. The molecule has 0 saturated carbocycles. The summed E-state index contributed by atoms with van der Waals surface area (Å²) in [6.45, 7) is 5.00. The number of imidazole rings is 1. The van der Waals surface area contributed by atoms with E-state index in [1.807, 2.05) is 12.1 Å². The van der Waals surface area contributed by atoms with Gasteiger partial charge in [-0.15, -0.1) is 0 Å². The predicted molar refractivity (Wildman–Crippen MR) is 118 cm³/mol. The van der Waals surface area contributed by atoms with Crippen molar-refractivity contribution in [2.45, 2.75) is 32.9 Å². The summed E-state index contributed by atoms with van der Waals surface area (Å²) in [4.78, 5) is 25.8. The molecule has 160 valence electrons. The van der Waals surface area contributed by atoms with Gasteiger partial charge in [0.2, 0.25) is 0 Å². The molecule has 0 amide bonds. The Balaban J connectivity index is 1.69. The molecule has 3 aromatic heterocycles. The van der Waals surface area contributed by atoms with E-state index in [0.717, 1.165) is 28.8 Å². The second kappa shape index (κ2) is 7.38. The third-order valence-corrected chi connectivity index (χ3v) is 6.10. The molecule has 9 nitrogen and oxygen atoms in total. The number of nitrogens with zero attached hydrogens (tertiary/aromatic N) is 4. The molecule has 2 unspecified atom stereocenters. The number of anilines is 1. The van der Waals surface area contributed by atoms with Crippen LogP contribution in [0, 0.1) is 5.92 Å². The van der Waals surface area contributed by atoms with Crippen LogP contribution in [-0.4, -0.2) is 43.3 Å². The van der Waals surface area contributed by atoms with Gasteiger partial charge in [-0.1, -0.05) is 18.3 Å². The van der Waals surface area contributed by atoms with E-state index in [1.54, 1.807) is 12.1 Å². The number of ether oxygens (including phenoxy) is 2. The van der Waals surface area contributed by atoms with Crippen LogP contribution in [0.2, 0.25) is 0 Å². The molecule has 0 spiro atoms. The quantitative estimate of drug-likeness (QED) is 0.494. The van der Waals surface area contributed by atoms with E-state index in [2.05, 4.69) is 16.5 Å². The number of carboxylic acids is 1. The zero-order valence-corrected chi connectivity index (χ0v) is 17.8. The molecule has 1 aromatic carbocycles. The van der Waals surface area contributed by atoms with Crippen molar-refractivity contribution in [3.05, 3.63) is 24.3 Å². The van der Waals surface area contributed by atoms with Crippen LogP contribution in [-0.2, 0) is 11.3 Å². The van der Waals surface area contributed by atoms with Crippen molar-refractivity contribution in [1.29, 1.82) is 0 Å². The summed E-state index contributed by atoms with van der Waals surface area (Å²) in [6.07, 6.45) is -0.104. The molecule has 0 bridgehead atoms. The number of pyridine rings is 1. The molecule has 31 heavy (non-hydrogen) atoms. The minimum Gasteiger partial charge on any atom is -0.491 e. The van der Waals surface area contributed by atoms with Crippen LogP contribution in [0.1, 0.15) is 20.3 Å². The van der Waals surface area contributed by atoms with Crippen LogP contribution in [0.15, 0.2) is 24.3 Å². The molecule has 0 saturated heterocycles. The predicted octanol–water partition coefficient (Wildman–Crippen LogP) is 3.56. The summed E-state index contributed by atoms with van der Waals surface area (Å²) in [5.41, 5.74) is 8.82. The number of thiazole rings is 1. The van der Waals surface area contributed by atoms with Gasteiger partial charge in [-0.2, -0.15) is 0 Å². The average molecular weight is 439 g/mol. The minimum absolute atomic E-state index is 0.384. The SMILES string of the molecule is CC1CCOc2cc(OC(C)C(=O)O)cc3nc(-c4ccc5nc(N)sc5n4)n(c23)C1. The lowest BCUT2D eigenvalue weighted by Crippen LogP contribution is -2.23. The molecule has 1 aliphatic rings. The van der Waals surface area contributed by atoms with Crippen LogP contribution in [0.5, 0.6) is 11.5 Å². The van der Waals surface area contributed by atoms with Crippen LogP contribution in [0.4, 0.5) is 5.13 Å². The molecule has 5 rings (SSSR count). The molecular formula is C21H21N5O4S. The zero-order chi connectivity index (χ0) is 21.7. The van der Waals surface area contributed by atoms with Gasteiger partial charge in [0.1, 0.15) is 33.1 Å². The second-order valence-corrected chi connectivity index (χ2v) is 8.76. The highest BCUT2D eigenvalue weighted by Gasteiger charge is 2.24. The Labute approximate surface area is 181 Å². The van der Waals surface area contributed by atoms with E-state index >= 15 is 0 Å². The van der Waals surface area contributed by atoms with Gasteiger partial charge in [0, 0.05) is 18.7 Å². The molecule has 4 heterocycles. The molecule has 3 N–H and O–H groups in total. The fourth-order valence-corrected chi connectivity index (χ4v) is 4.45. The van der Waals surface area contributed by atoms with E-state index < -0.39 is 12.1 Å². The van der Waals surface area contributed by atoms with Crippen molar-refractivity contribution in [3.8, 4) is 23.0 Å². The number of nitrogen functional groups attached to an aromatic ring is 1. The minimum atomic E-state index is -1.04. The van der Waals surface area contributed by atoms with Crippen molar-refractivity contribution in [3.63, 3.8) is 0 Å². The van der Waals surface area contributed by atoms with E-state index in [9.17, 15) is 9.90 Å². The molecule has 4 aromatic rings. The number of fused-ring (bicyclic) bond motifs is 1. The smallest absolute Gasteiger partial charge is 0.344 e. The summed E-state index contributed by atoms with van der Waals surface area (Å²) in [5, 5.41) is 9.67. The number of hydrogen-bond donors (Lipinski definition) is 2. The number of nitrogens with two attached hydrogens (primary N) is 1. The number of aromatic nitrogens is 4. The van der Waals surface area contributed by atoms with Gasteiger partial charge in [0.05, 0.1) is 12.1 Å². The van der Waals surface area contributed by atoms with E-state index in [1.165, 1.54) is 18.3 Å². The Kier molecular flexibility index (Phi) is 4.66. The summed E-state index contributed by atoms with van der Waals surface area (Å²) < 4.78 is 13.8. The number of carboxylic acid groups (broad SMARTS) is 1. The number of carbonyl (C=O) groups is 1. The lowest BCUT2D eigenvalue weighted by molar-refractivity contribution is -0.144. The van der Waals surface area contributed by atoms with Gasteiger partial charge < -0.3 is 24.9 Å². The first-order chi connectivity index (χ1) is 14.9. The van der Waals surface area contributed by atoms with Gasteiger partial charge in [-0.25, -0.2) is 19.7 Å². The summed E-state index contributed by atoms with van der Waals surface area (Å²) in [5.74, 6) is 1.09. The zero-order valence-electron chi connectivity index (χ0n) is 17.0. The summed E-state index contributed by atoms with van der Waals surface area (Å²) in [6, 6.07) is 7.27. The first-order valence-corrected chi connectivity index (χ1v) is 10.8. The monoisotopic (exact) mass is 439 g/mol. The maximum Gasteiger partial charge on any atom is 0.344 e. The Hall–Kier alpha value is -3.40. The Morgan fingerprint density at radius 3 is 2.97 bits per heavy atom. The van der Waals surface area contributed by atoms with Gasteiger partial charge in [-0.05, 0) is 31.4 Å². The highest BCUT2D eigenvalue weighted by atomic mass is 32.1. The van der Waals surface area contributed by atoms with E-state index in [0.29, 0.717) is 46.2 Å². The van der Waals surface area contributed by atoms with Crippen molar-refractivity contribution < 1.29 is 19.4 Å². The highest BCUT2D eigenvalue weighted by molar-refractivity contribution is 7.21. The Morgan fingerprint density at radius 1 is 1.32 bits per heavy atom. The summed E-state index contributed by atoms with van der Waals surface area (Å²) >= 11 is 1.34. The largest absolute Gasteiger partial charge is 0.491 e. The molecule has 10 heteroatoms.